The average Bonchev–Trinajstić information content (AvgIpc) is 3.60. The second-order valence-corrected chi connectivity index (χ2v) is 10.4. The van der Waals surface area contributed by atoms with Crippen molar-refractivity contribution in [3.8, 4) is 22.1 Å². The van der Waals surface area contributed by atoms with E-state index in [-0.39, 0.29) is 19.8 Å². The molecule has 3 atom stereocenters. The van der Waals surface area contributed by atoms with Crippen molar-refractivity contribution < 1.29 is 24.8 Å². The zero-order chi connectivity index (χ0) is 25.6. The Balaban J connectivity index is 1.35. The van der Waals surface area contributed by atoms with Crippen LogP contribution in [-0.4, -0.2) is 55.5 Å². The summed E-state index contributed by atoms with van der Waals surface area (Å²) >= 11 is 1.51. The van der Waals surface area contributed by atoms with Crippen molar-refractivity contribution in [2.75, 3.05) is 24.0 Å². The Morgan fingerprint density at radius 2 is 1.95 bits per heavy atom. The molecule has 5 N–H and O–H groups in total. The lowest BCUT2D eigenvalue weighted by molar-refractivity contribution is -0.0545. The zero-order valence-corrected chi connectivity index (χ0v) is 21.0. The maximum atomic E-state index is 11.3. The molecule has 10 nitrogen and oxygen atoms in total. The molecule has 1 aliphatic heterocycles. The molecule has 2 aromatic heterocycles. The number of aliphatic hydroxyl groups is 3. The van der Waals surface area contributed by atoms with E-state index in [0.717, 1.165) is 15.8 Å². The molecule has 0 saturated heterocycles. The molecule has 3 heterocycles. The van der Waals surface area contributed by atoms with Crippen LogP contribution in [0.1, 0.15) is 24.1 Å². The SMILES string of the molecule is Cc1nc(NCc2ccc3c(c2)OCO3)nc(NC2(O)CCC(CO)C2O)c1-c1nc2ccccc2s1. The van der Waals surface area contributed by atoms with Crippen molar-refractivity contribution in [1.29, 1.82) is 0 Å². The smallest absolute Gasteiger partial charge is 0.231 e. The van der Waals surface area contributed by atoms with Gasteiger partial charge in [0.25, 0.3) is 0 Å². The number of rotatable bonds is 7. The molecule has 192 valence electrons. The van der Waals surface area contributed by atoms with E-state index in [1.165, 1.54) is 11.3 Å². The van der Waals surface area contributed by atoms with Crippen molar-refractivity contribution >= 4 is 33.3 Å². The Hall–Kier alpha value is -3.51. The summed E-state index contributed by atoms with van der Waals surface area (Å²) in [6.07, 6.45) is -0.403. The van der Waals surface area contributed by atoms with E-state index in [4.69, 9.17) is 19.4 Å². The summed E-state index contributed by atoms with van der Waals surface area (Å²) in [6, 6.07) is 13.6. The first-order valence-electron chi connectivity index (χ1n) is 12.1. The summed E-state index contributed by atoms with van der Waals surface area (Å²) in [6.45, 7) is 2.31. The number of benzene rings is 2. The number of hydrogen-bond donors (Lipinski definition) is 5. The highest BCUT2D eigenvalue weighted by Crippen LogP contribution is 2.41. The van der Waals surface area contributed by atoms with Crippen LogP contribution in [0.15, 0.2) is 42.5 Å². The summed E-state index contributed by atoms with van der Waals surface area (Å²) < 4.78 is 11.9. The van der Waals surface area contributed by atoms with Crippen molar-refractivity contribution in [3.63, 3.8) is 0 Å². The minimum Gasteiger partial charge on any atom is -0.454 e. The van der Waals surface area contributed by atoms with E-state index in [0.29, 0.717) is 52.5 Å². The first-order chi connectivity index (χ1) is 17.9. The van der Waals surface area contributed by atoms with Gasteiger partial charge in [0.05, 0.1) is 21.5 Å². The van der Waals surface area contributed by atoms with E-state index in [1.807, 2.05) is 49.4 Å². The molecule has 11 heteroatoms. The third-order valence-electron chi connectivity index (χ3n) is 6.89. The molecule has 37 heavy (non-hydrogen) atoms. The van der Waals surface area contributed by atoms with E-state index in [9.17, 15) is 15.3 Å². The lowest BCUT2D eigenvalue weighted by atomic mass is 10.0. The number of fused-ring (bicyclic) bond motifs is 2. The highest BCUT2D eigenvalue weighted by molar-refractivity contribution is 7.21. The lowest BCUT2D eigenvalue weighted by Crippen LogP contribution is -2.48. The van der Waals surface area contributed by atoms with E-state index < -0.39 is 17.7 Å². The van der Waals surface area contributed by atoms with Crippen LogP contribution in [0.4, 0.5) is 11.8 Å². The Morgan fingerprint density at radius 3 is 2.76 bits per heavy atom. The first-order valence-corrected chi connectivity index (χ1v) is 12.9. The van der Waals surface area contributed by atoms with Crippen LogP contribution < -0.4 is 20.1 Å². The van der Waals surface area contributed by atoms with Crippen LogP contribution in [-0.2, 0) is 6.54 Å². The van der Waals surface area contributed by atoms with Crippen LogP contribution >= 0.6 is 11.3 Å². The molecule has 0 radical (unpaired) electrons. The van der Waals surface area contributed by atoms with Gasteiger partial charge in [-0.25, -0.2) is 9.97 Å². The summed E-state index contributed by atoms with van der Waals surface area (Å²) in [5.41, 5.74) is 1.50. The van der Waals surface area contributed by atoms with Crippen LogP contribution in [0.3, 0.4) is 0 Å². The van der Waals surface area contributed by atoms with Gasteiger partial charge in [0, 0.05) is 19.1 Å². The molecule has 2 aliphatic rings. The van der Waals surface area contributed by atoms with Crippen molar-refractivity contribution in [2.24, 2.45) is 5.92 Å². The van der Waals surface area contributed by atoms with Gasteiger partial charge in [-0.15, -0.1) is 11.3 Å². The molecule has 0 spiro atoms. The number of ether oxygens (including phenoxy) is 2. The van der Waals surface area contributed by atoms with Gasteiger partial charge in [-0.3, -0.25) is 0 Å². The molecular formula is C26H27N5O5S. The summed E-state index contributed by atoms with van der Waals surface area (Å²) in [5, 5.41) is 38.7. The van der Waals surface area contributed by atoms with Crippen molar-refractivity contribution in [3.05, 3.63) is 53.7 Å². The molecule has 6 rings (SSSR count). The lowest BCUT2D eigenvalue weighted by Gasteiger charge is -2.31. The van der Waals surface area contributed by atoms with Gasteiger partial charge in [0.1, 0.15) is 16.9 Å². The number of nitrogens with zero attached hydrogens (tertiary/aromatic N) is 3. The third kappa shape index (κ3) is 4.44. The molecule has 1 saturated carbocycles. The monoisotopic (exact) mass is 521 g/mol. The highest BCUT2D eigenvalue weighted by Gasteiger charge is 2.47. The van der Waals surface area contributed by atoms with Crippen LogP contribution in [0.25, 0.3) is 20.8 Å². The Bertz CT molecular complexity index is 1430. The van der Waals surface area contributed by atoms with Gasteiger partial charge >= 0.3 is 0 Å². The fourth-order valence-electron chi connectivity index (χ4n) is 4.84. The number of para-hydroxylation sites is 1. The fraction of sp³-hybridized carbons (Fsp3) is 0.346. The summed E-state index contributed by atoms with van der Waals surface area (Å²) in [4.78, 5) is 14.2. The molecule has 4 aromatic rings. The molecular weight excluding hydrogens is 494 g/mol. The average molecular weight is 522 g/mol. The third-order valence-corrected chi connectivity index (χ3v) is 7.94. The number of nitrogens with one attached hydrogen (secondary N) is 2. The Labute approximate surface area is 217 Å². The minimum absolute atomic E-state index is 0.207. The summed E-state index contributed by atoms with van der Waals surface area (Å²) in [7, 11) is 0. The van der Waals surface area contributed by atoms with E-state index in [2.05, 4.69) is 15.6 Å². The van der Waals surface area contributed by atoms with Gasteiger partial charge in [0.2, 0.25) is 12.7 Å². The second kappa shape index (κ2) is 9.42. The first kappa shape index (κ1) is 23.9. The minimum atomic E-state index is -1.64. The number of thiazole rings is 1. The van der Waals surface area contributed by atoms with E-state index >= 15 is 0 Å². The van der Waals surface area contributed by atoms with Crippen molar-refractivity contribution in [2.45, 2.75) is 38.1 Å². The maximum Gasteiger partial charge on any atom is 0.231 e. The number of aromatic nitrogens is 3. The van der Waals surface area contributed by atoms with Crippen LogP contribution in [0, 0.1) is 12.8 Å². The molecule has 1 fully saturated rings. The van der Waals surface area contributed by atoms with Crippen LogP contribution in [0.2, 0.25) is 0 Å². The van der Waals surface area contributed by atoms with Gasteiger partial charge in [-0.1, -0.05) is 18.2 Å². The van der Waals surface area contributed by atoms with Gasteiger partial charge in [-0.05, 0) is 49.6 Å². The Morgan fingerprint density at radius 1 is 1.11 bits per heavy atom. The normalized spacial score (nSPS) is 22.5. The standard InChI is InChI=1S/C26H27N5O5S/c1-14-21(24-29-17-4-2-3-5-20(17)37-24)23(31-26(34)9-8-16(12-32)22(26)33)30-25(28-14)27-11-15-6-7-18-19(10-15)36-13-35-18/h2-7,10,16,22,32-34H,8-9,11-13H2,1H3,(H2,27,28,30,31). The molecule has 0 bridgehead atoms. The number of anilines is 2. The number of aryl methyl sites for hydroxylation is 1. The fourth-order valence-corrected chi connectivity index (χ4v) is 5.91. The molecule has 0 amide bonds. The van der Waals surface area contributed by atoms with E-state index in [1.54, 1.807) is 0 Å². The van der Waals surface area contributed by atoms with Crippen molar-refractivity contribution in [1.82, 2.24) is 15.0 Å². The molecule has 2 aromatic carbocycles. The predicted molar refractivity (Wildman–Crippen MR) is 140 cm³/mol. The predicted octanol–water partition coefficient (Wildman–Crippen LogP) is 3.27. The van der Waals surface area contributed by atoms with Gasteiger partial charge in [0.15, 0.2) is 17.2 Å². The second-order valence-electron chi connectivity index (χ2n) is 9.36. The van der Waals surface area contributed by atoms with Crippen LogP contribution in [0.5, 0.6) is 11.5 Å². The topological polar surface area (TPSA) is 142 Å². The largest absolute Gasteiger partial charge is 0.454 e. The highest BCUT2D eigenvalue weighted by atomic mass is 32.1. The number of hydrogen-bond acceptors (Lipinski definition) is 11. The molecule has 1 aliphatic carbocycles. The zero-order valence-electron chi connectivity index (χ0n) is 20.1. The maximum absolute atomic E-state index is 11.3. The Kier molecular flexibility index (Phi) is 6.07. The number of aliphatic hydroxyl groups excluding tert-OH is 2. The summed E-state index contributed by atoms with van der Waals surface area (Å²) in [5.74, 6) is 1.71. The van der Waals surface area contributed by atoms with Gasteiger partial charge in [-0.2, -0.15) is 4.98 Å². The molecule has 3 unspecified atom stereocenters. The van der Waals surface area contributed by atoms with Gasteiger partial charge < -0.3 is 35.4 Å². The quantitative estimate of drug-likeness (QED) is 0.230.